The number of amides is 1. The van der Waals surface area contributed by atoms with Crippen molar-refractivity contribution in [1.29, 1.82) is 0 Å². The quantitative estimate of drug-likeness (QED) is 0.414. The van der Waals surface area contributed by atoms with Gasteiger partial charge in [-0.3, -0.25) is 4.79 Å². The number of carbonyl (C=O) groups is 1. The third-order valence-electron chi connectivity index (χ3n) is 6.85. The Hall–Kier alpha value is -2.71. The highest BCUT2D eigenvalue weighted by Gasteiger charge is 2.75. The van der Waals surface area contributed by atoms with E-state index in [1.165, 1.54) is 11.3 Å². The fraction of sp³-hybridized carbons (Fsp3) is 0.455. The van der Waals surface area contributed by atoms with E-state index in [9.17, 15) is 15.0 Å². The molecule has 0 radical (unpaired) electrons. The van der Waals surface area contributed by atoms with Crippen molar-refractivity contribution < 1.29 is 15.0 Å². The Balaban J connectivity index is 1.43. The molecular formula is C22H21ClN6O3S. The van der Waals surface area contributed by atoms with Crippen molar-refractivity contribution in [3.8, 4) is 11.8 Å². The van der Waals surface area contributed by atoms with Crippen molar-refractivity contribution >= 4 is 45.8 Å². The van der Waals surface area contributed by atoms with Crippen LogP contribution in [0.2, 0.25) is 4.34 Å². The summed E-state index contributed by atoms with van der Waals surface area (Å²) in [5.41, 5.74) is 0.113. The molecule has 1 amide bonds. The summed E-state index contributed by atoms with van der Waals surface area (Å²) in [7, 11) is 1.54. The summed E-state index contributed by atoms with van der Waals surface area (Å²) in [5, 5.41) is 27.6. The van der Waals surface area contributed by atoms with E-state index in [-0.39, 0.29) is 11.8 Å². The predicted octanol–water partition coefficient (Wildman–Crippen LogP) is 1.54. The largest absolute Gasteiger partial charge is 0.389 e. The number of aliphatic hydroxyl groups excluding tert-OH is 2. The minimum absolute atomic E-state index is 0.211. The summed E-state index contributed by atoms with van der Waals surface area (Å²) in [5.74, 6) is 6.50. The molecule has 3 aromatic heterocycles. The summed E-state index contributed by atoms with van der Waals surface area (Å²) in [4.78, 5) is 27.1. The average molecular weight is 485 g/mol. The first-order valence-corrected chi connectivity index (χ1v) is 12.0. The lowest BCUT2D eigenvalue weighted by atomic mass is 9.98. The first kappa shape index (κ1) is 20.9. The molecule has 6 rings (SSSR count). The van der Waals surface area contributed by atoms with Gasteiger partial charge in [-0.1, -0.05) is 11.6 Å². The Kier molecular flexibility index (Phi) is 4.68. The number of carbonyl (C=O) groups excluding carboxylic acids is 1. The lowest BCUT2D eigenvalue weighted by molar-refractivity contribution is -0.132. The predicted molar refractivity (Wildman–Crippen MR) is 123 cm³/mol. The van der Waals surface area contributed by atoms with Gasteiger partial charge in [-0.05, 0) is 43.2 Å². The number of aliphatic hydroxyl groups is 2. The van der Waals surface area contributed by atoms with Gasteiger partial charge in [0.05, 0.1) is 33.1 Å². The Morgan fingerprint density at radius 1 is 1.30 bits per heavy atom. The van der Waals surface area contributed by atoms with E-state index < -0.39 is 23.7 Å². The summed E-state index contributed by atoms with van der Waals surface area (Å²) >= 11 is 7.38. The van der Waals surface area contributed by atoms with Crippen LogP contribution in [-0.2, 0) is 4.79 Å². The number of hydrogen-bond acceptors (Lipinski definition) is 8. The van der Waals surface area contributed by atoms with Gasteiger partial charge in [-0.15, -0.1) is 11.3 Å². The molecule has 3 aliphatic rings. The average Bonchev–Trinajstić information content (AvgIpc) is 3.66. The highest BCUT2D eigenvalue weighted by molar-refractivity contribution is 7.16. The van der Waals surface area contributed by atoms with Crippen LogP contribution in [0, 0.1) is 23.2 Å². The number of nitrogens with one attached hydrogen (secondary N) is 2. The van der Waals surface area contributed by atoms with Crippen LogP contribution in [0.4, 0.5) is 5.82 Å². The van der Waals surface area contributed by atoms with Gasteiger partial charge in [-0.25, -0.2) is 15.0 Å². The zero-order valence-electron chi connectivity index (χ0n) is 17.6. The molecule has 0 aliphatic heterocycles. The lowest BCUT2D eigenvalue weighted by Crippen LogP contribution is -2.41. The number of fused-ring (bicyclic) bond motifs is 2. The number of nitrogens with zero attached hydrogens (tertiary/aromatic N) is 4. The normalized spacial score (nSPS) is 29.9. The topological polar surface area (TPSA) is 125 Å². The minimum Gasteiger partial charge on any atom is -0.389 e. The van der Waals surface area contributed by atoms with Gasteiger partial charge in [0.15, 0.2) is 17.0 Å². The maximum atomic E-state index is 12.5. The molecule has 5 unspecified atom stereocenters. The molecule has 3 aliphatic carbocycles. The first-order chi connectivity index (χ1) is 15.9. The Morgan fingerprint density at radius 3 is 2.82 bits per heavy atom. The van der Waals surface area contributed by atoms with Crippen molar-refractivity contribution in [1.82, 2.24) is 24.8 Å². The Morgan fingerprint density at radius 2 is 2.12 bits per heavy atom. The van der Waals surface area contributed by atoms with Crippen LogP contribution >= 0.6 is 22.9 Å². The van der Waals surface area contributed by atoms with E-state index >= 15 is 0 Å². The number of halogens is 1. The van der Waals surface area contributed by atoms with E-state index in [0.717, 1.165) is 17.7 Å². The molecule has 9 nitrogen and oxygen atoms in total. The van der Waals surface area contributed by atoms with Gasteiger partial charge in [0, 0.05) is 19.0 Å². The van der Waals surface area contributed by atoms with Crippen molar-refractivity contribution in [2.75, 3.05) is 12.4 Å². The van der Waals surface area contributed by atoms with Crippen LogP contribution in [0.5, 0.6) is 0 Å². The molecule has 3 fully saturated rings. The highest BCUT2D eigenvalue weighted by atomic mass is 35.5. The second-order valence-electron chi connectivity index (χ2n) is 8.85. The summed E-state index contributed by atoms with van der Waals surface area (Å²) in [6.07, 6.45) is 1.96. The minimum atomic E-state index is -1.15. The highest BCUT2D eigenvalue weighted by Crippen LogP contribution is 2.67. The summed E-state index contributed by atoms with van der Waals surface area (Å²) in [6, 6.07) is 3.45. The van der Waals surface area contributed by atoms with Crippen LogP contribution in [0.25, 0.3) is 11.2 Å². The number of aromatic nitrogens is 4. The SMILES string of the molecule is CNC(=O)C12CC1C(n1cnc3c(NC4CC4)nc(C#Cc4ccc(Cl)s4)nc31)C(O)C2O. The van der Waals surface area contributed by atoms with Crippen molar-refractivity contribution in [3.63, 3.8) is 0 Å². The van der Waals surface area contributed by atoms with E-state index in [2.05, 4.69) is 37.4 Å². The molecule has 33 heavy (non-hydrogen) atoms. The fourth-order valence-electron chi connectivity index (χ4n) is 5.00. The molecule has 0 saturated heterocycles. The van der Waals surface area contributed by atoms with Gasteiger partial charge >= 0.3 is 0 Å². The van der Waals surface area contributed by atoms with E-state index in [1.807, 2.05) is 6.07 Å². The molecule has 4 N–H and O–H groups in total. The van der Waals surface area contributed by atoms with Crippen LogP contribution in [0.3, 0.4) is 0 Å². The number of thiophene rings is 1. The van der Waals surface area contributed by atoms with E-state index in [1.54, 1.807) is 24.0 Å². The molecule has 0 spiro atoms. The molecule has 3 heterocycles. The number of anilines is 1. The van der Waals surface area contributed by atoms with Gasteiger partial charge < -0.3 is 25.4 Å². The standard InChI is InChI=1S/C22H21ClN6O3S/c1-24-21(32)22-8-12(22)16(17(30)18(22)31)29-9-25-15-19(26-10-2-3-10)27-14(28-20(15)29)7-5-11-4-6-13(23)33-11/h4,6,9-10,12,16-18,30-31H,2-3,8H2,1H3,(H,24,32)(H,26,27,28). The van der Waals surface area contributed by atoms with Crippen LogP contribution in [0.1, 0.15) is 36.0 Å². The number of hydrogen-bond donors (Lipinski definition) is 4. The zero-order valence-corrected chi connectivity index (χ0v) is 19.2. The smallest absolute Gasteiger partial charge is 0.229 e. The maximum absolute atomic E-state index is 12.5. The molecule has 3 aromatic rings. The Labute approximate surface area is 198 Å². The number of imidazole rings is 1. The van der Waals surface area contributed by atoms with Crippen LogP contribution < -0.4 is 10.6 Å². The van der Waals surface area contributed by atoms with Crippen LogP contribution in [0.15, 0.2) is 18.5 Å². The second kappa shape index (κ2) is 7.40. The molecule has 11 heteroatoms. The molecule has 170 valence electrons. The molecule has 0 aromatic carbocycles. The van der Waals surface area contributed by atoms with Crippen molar-refractivity contribution in [2.24, 2.45) is 11.3 Å². The molecular weight excluding hydrogens is 464 g/mol. The monoisotopic (exact) mass is 484 g/mol. The first-order valence-electron chi connectivity index (χ1n) is 10.8. The zero-order chi connectivity index (χ0) is 22.9. The van der Waals surface area contributed by atoms with Gasteiger partial charge in [-0.2, -0.15) is 0 Å². The maximum Gasteiger partial charge on any atom is 0.229 e. The van der Waals surface area contributed by atoms with Crippen LogP contribution in [-0.4, -0.2) is 60.9 Å². The third-order valence-corrected chi connectivity index (χ3v) is 8.00. The van der Waals surface area contributed by atoms with E-state index in [0.29, 0.717) is 39.6 Å². The van der Waals surface area contributed by atoms with Crippen molar-refractivity contribution in [2.45, 2.75) is 43.6 Å². The van der Waals surface area contributed by atoms with Gasteiger partial charge in [0.1, 0.15) is 6.10 Å². The fourth-order valence-corrected chi connectivity index (χ4v) is 5.89. The lowest BCUT2D eigenvalue weighted by Gasteiger charge is -2.23. The summed E-state index contributed by atoms with van der Waals surface area (Å²) < 4.78 is 2.42. The van der Waals surface area contributed by atoms with E-state index in [4.69, 9.17) is 11.6 Å². The van der Waals surface area contributed by atoms with Crippen molar-refractivity contribution in [3.05, 3.63) is 33.5 Å². The van der Waals surface area contributed by atoms with Gasteiger partial charge in [0.2, 0.25) is 11.7 Å². The van der Waals surface area contributed by atoms with Gasteiger partial charge in [0.25, 0.3) is 0 Å². The third kappa shape index (κ3) is 3.22. The molecule has 0 bridgehead atoms. The molecule has 3 saturated carbocycles. The number of rotatable bonds is 4. The second-order valence-corrected chi connectivity index (χ2v) is 10.6. The summed E-state index contributed by atoms with van der Waals surface area (Å²) in [6.45, 7) is 0. The Bertz CT molecular complexity index is 1340. The molecule has 5 atom stereocenters.